The molecular formula is C28H31N3O3. The van der Waals surface area contributed by atoms with E-state index in [9.17, 15) is 14.4 Å². The molecule has 0 saturated carbocycles. The first-order chi connectivity index (χ1) is 16.5. The van der Waals surface area contributed by atoms with Crippen molar-refractivity contribution in [3.63, 3.8) is 0 Å². The Morgan fingerprint density at radius 2 is 1.38 bits per heavy atom. The van der Waals surface area contributed by atoms with E-state index in [2.05, 4.69) is 16.0 Å². The number of rotatable bonds is 10. The Morgan fingerprint density at radius 3 is 2.06 bits per heavy atom. The number of carbonyl (C=O) groups excluding carboxylic acids is 3. The van der Waals surface area contributed by atoms with Gasteiger partial charge in [0.1, 0.15) is 0 Å². The van der Waals surface area contributed by atoms with Crippen molar-refractivity contribution < 1.29 is 14.4 Å². The predicted molar refractivity (Wildman–Crippen MR) is 133 cm³/mol. The molecule has 0 fully saturated rings. The topological polar surface area (TPSA) is 87.3 Å². The Kier molecular flexibility index (Phi) is 8.97. The van der Waals surface area contributed by atoms with Gasteiger partial charge >= 0.3 is 0 Å². The van der Waals surface area contributed by atoms with Crippen molar-refractivity contribution in [1.29, 1.82) is 0 Å². The first kappa shape index (κ1) is 24.7. The molecule has 0 saturated heterocycles. The van der Waals surface area contributed by atoms with Gasteiger partial charge in [0.15, 0.2) is 0 Å². The van der Waals surface area contributed by atoms with Crippen LogP contribution in [0, 0.1) is 0 Å². The maximum absolute atomic E-state index is 12.8. The first-order valence-corrected chi connectivity index (χ1v) is 11.5. The molecule has 6 nitrogen and oxygen atoms in total. The number of benzene rings is 3. The Morgan fingerprint density at radius 1 is 0.765 bits per heavy atom. The van der Waals surface area contributed by atoms with Crippen LogP contribution in [0.1, 0.15) is 64.6 Å². The monoisotopic (exact) mass is 457 g/mol. The molecule has 0 aliphatic rings. The number of amides is 3. The van der Waals surface area contributed by atoms with Gasteiger partial charge in [-0.2, -0.15) is 0 Å². The molecule has 2 atom stereocenters. The molecule has 0 radical (unpaired) electrons. The van der Waals surface area contributed by atoms with Gasteiger partial charge in [0.25, 0.3) is 11.8 Å². The molecule has 0 aliphatic carbocycles. The molecule has 3 aromatic carbocycles. The Bertz CT molecular complexity index is 1100. The average molecular weight is 458 g/mol. The van der Waals surface area contributed by atoms with Gasteiger partial charge in [-0.25, -0.2) is 0 Å². The van der Waals surface area contributed by atoms with Crippen molar-refractivity contribution in [2.24, 2.45) is 0 Å². The van der Waals surface area contributed by atoms with E-state index in [1.54, 1.807) is 42.5 Å². The van der Waals surface area contributed by atoms with E-state index in [1.807, 2.05) is 56.3 Å². The highest BCUT2D eigenvalue weighted by Gasteiger charge is 2.19. The van der Waals surface area contributed by atoms with Crippen LogP contribution in [0.5, 0.6) is 0 Å². The lowest BCUT2D eigenvalue weighted by Gasteiger charge is -2.19. The highest BCUT2D eigenvalue weighted by molar-refractivity contribution is 5.95. The quantitative estimate of drug-likeness (QED) is 0.422. The third kappa shape index (κ3) is 7.30. The van der Waals surface area contributed by atoms with E-state index < -0.39 is 6.04 Å². The summed E-state index contributed by atoms with van der Waals surface area (Å²) in [7, 11) is 0. The number of hydrogen-bond acceptors (Lipinski definition) is 3. The fourth-order valence-corrected chi connectivity index (χ4v) is 3.46. The minimum atomic E-state index is -0.471. The molecule has 3 rings (SSSR count). The van der Waals surface area contributed by atoms with Crippen molar-refractivity contribution in [3.05, 3.63) is 107 Å². The van der Waals surface area contributed by atoms with Crippen LogP contribution in [-0.2, 0) is 11.3 Å². The first-order valence-electron chi connectivity index (χ1n) is 11.5. The second kappa shape index (κ2) is 12.3. The van der Waals surface area contributed by atoms with Gasteiger partial charge in [-0.1, -0.05) is 67.6 Å². The van der Waals surface area contributed by atoms with E-state index in [-0.39, 0.29) is 36.7 Å². The second-order valence-electron chi connectivity index (χ2n) is 8.27. The largest absolute Gasteiger partial charge is 0.352 e. The van der Waals surface area contributed by atoms with E-state index in [0.717, 1.165) is 17.5 Å². The normalized spacial score (nSPS) is 12.3. The van der Waals surface area contributed by atoms with E-state index >= 15 is 0 Å². The number of carbonyl (C=O) groups is 3. The van der Waals surface area contributed by atoms with Gasteiger partial charge in [-0.15, -0.1) is 0 Å². The molecule has 34 heavy (non-hydrogen) atoms. The highest BCUT2D eigenvalue weighted by Crippen LogP contribution is 2.18. The zero-order chi connectivity index (χ0) is 24.3. The molecule has 2 unspecified atom stereocenters. The number of nitrogens with one attached hydrogen (secondary N) is 3. The molecule has 3 N–H and O–H groups in total. The van der Waals surface area contributed by atoms with Crippen molar-refractivity contribution in [1.82, 2.24) is 16.0 Å². The van der Waals surface area contributed by atoms with Gasteiger partial charge < -0.3 is 16.0 Å². The van der Waals surface area contributed by atoms with Crippen molar-refractivity contribution >= 4 is 17.7 Å². The highest BCUT2D eigenvalue weighted by atomic mass is 16.2. The molecule has 0 heterocycles. The molecule has 6 heteroatoms. The Labute approximate surface area is 200 Å². The summed E-state index contributed by atoms with van der Waals surface area (Å²) < 4.78 is 0. The van der Waals surface area contributed by atoms with Crippen molar-refractivity contribution in [3.8, 4) is 0 Å². The van der Waals surface area contributed by atoms with Gasteiger partial charge in [-0.3, -0.25) is 14.4 Å². The third-order valence-corrected chi connectivity index (χ3v) is 5.60. The maximum Gasteiger partial charge on any atom is 0.251 e. The van der Waals surface area contributed by atoms with E-state index in [4.69, 9.17) is 0 Å². The molecule has 3 amide bonds. The zero-order valence-corrected chi connectivity index (χ0v) is 19.6. The second-order valence-corrected chi connectivity index (χ2v) is 8.27. The molecule has 0 spiro atoms. The van der Waals surface area contributed by atoms with E-state index in [1.165, 1.54) is 0 Å². The standard InChI is InChI=1S/C28H31N3O3/c1-3-20(2)30-28(34)24-16-10-11-21(17-24)19-29-26(32)18-25(22-12-6-4-7-13-22)31-27(33)23-14-8-5-9-15-23/h4-17,20,25H,3,18-19H2,1-2H3,(H,29,32)(H,30,34)(H,31,33). The lowest BCUT2D eigenvalue weighted by molar-refractivity contribution is -0.121. The van der Waals surface area contributed by atoms with Crippen LogP contribution in [-0.4, -0.2) is 23.8 Å². The summed E-state index contributed by atoms with van der Waals surface area (Å²) in [5, 5.41) is 8.83. The van der Waals surface area contributed by atoms with Crippen LogP contribution in [0.3, 0.4) is 0 Å². The molecule has 0 aromatic heterocycles. The summed E-state index contributed by atoms with van der Waals surface area (Å²) >= 11 is 0. The summed E-state index contributed by atoms with van der Waals surface area (Å²) in [6.07, 6.45) is 0.946. The Balaban J connectivity index is 1.63. The molecule has 3 aromatic rings. The lowest BCUT2D eigenvalue weighted by atomic mass is 10.0. The summed E-state index contributed by atoms with van der Waals surface area (Å²) in [6, 6.07) is 25.2. The van der Waals surface area contributed by atoms with Gasteiger partial charge in [-0.05, 0) is 48.7 Å². The lowest BCUT2D eigenvalue weighted by Crippen LogP contribution is -2.34. The zero-order valence-electron chi connectivity index (χ0n) is 19.6. The fourth-order valence-electron chi connectivity index (χ4n) is 3.46. The van der Waals surface area contributed by atoms with Gasteiger partial charge in [0.2, 0.25) is 5.91 Å². The summed E-state index contributed by atoms with van der Waals surface area (Å²) in [5.41, 5.74) is 2.78. The fraction of sp³-hybridized carbons (Fsp3) is 0.250. The van der Waals surface area contributed by atoms with E-state index in [0.29, 0.717) is 11.1 Å². The molecule has 176 valence electrons. The van der Waals surface area contributed by atoms with Crippen molar-refractivity contribution in [2.75, 3.05) is 0 Å². The van der Waals surface area contributed by atoms with Crippen LogP contribution in [0.25, 0.3) is 0 Å². The van der Waals surface area contributed by atoms with Crippen LogP contribution in [0.15, 0.2) is 84.9 Å². The van der Waals surface area contributed by atoms with Crippen molar-refractivity contribution in [2.45, 2.75) is 45.3 Å². The minimum Gasteiger partial charge on any atom is -0.352 e. The minimum absolute atomic E-state index is 0.0940. The van der Waals surface area contributed by atoms with Gasteiger partial charge in [0.05, 0.1) is 12.5 Å². The van der Waals surface area contributed by atoms with Crippen LogP contribution in [0.2, 0.25) is 0 Å². The molecule has 0 aliphatic heterocycles. The summed E-state index contributed by atoms with van der Waals surface area (Å²) in [5.74, 6) is -0.561. The third-order valence-electron chi connectivity index (χ3n) is 5.60. The maximum atomic E-state index is 12.8. The van der Waals surface area contributed by atoms with Gasteiger partial charge in [0, 0.05) is 23.7 Å². The summed E-state index contributed by atoms with van der Waals surface area (Å²) in [4.78, 5) is 37.9. The summed E-state index contributed by atoms with van der Waals surface area (Å²) in [6.45, 7) is 4.26. The predicted octanol–water partition coefficient (Wildman–Crippen LogP) is 4.39. The van der Waals surface area contributed by atoms with Crippen LogP contribution in [0.4, 0.5) is 0 Å². The van der Waals surface area contributed by atoms with Crippen LogP contribution >= 0.6 is 0 Å². The molecular weight excluding hydrogens is 426 g/mol. The molecule has 0 bridgehead atoms. The number of hydrogen-bond donors (Lipinski definition) is 3. The average Bonchev–Trinajstić information content (AvgIpc) is 2.88. The SMILES string of the molecule is CCC(C)NC(=O)c1cccc(CNC(=O)CC(NC(=O)c2ccccc2)c2ccccc2)c1. The van der Waals surface area contributed by atoms with Crippen LogP contribution < -0.4 is 16.0 Å². The smallest absolute Gasteiger partial charge is 0.251 e. The Hall–Kier alpha value is -3.93.